The molecule has 0 spiro atoms. The highest BCUT2D eigenvalue weighted by Crippen LogP contribution is 2.38. The second-order valence-electron chi connectivity index (χ2n) is 5.12. The molecule has 0 amide bonds. The lowest BCUT2D eigenvalue weighted by Crippen LogP contribution is -2.04. The summed E-state index contributed by atoms with van der Waals surface area (Å²) in [7, 11) is 1.26. The van der Waals surface area contributed by atoms with Gasteiger partial charge >= 0.3 is 6.61 Å². The maximum absolute atomic E-state index is 14.0. The fourth-order valence-electron chi connectivity index (χ4n) is 2.35. The number of aromatic nitrogens is 1. The molecule has 0 atom stereocenters. The van der Waals surface area contributed by atoms with Gasteiger partial charge in [-0.15, -0.1) is 0 Å². The van der Waals surface area contributed by atoms with E-state index in [-0.39, 0.29) is 33.8 Å². The van der Waals surface area contributed by atoms with Gasteiger partial charge in [0.2, 0.25) is 0 Å². The maximum Gasteiger partial charge on any atom is 0.387 e. The number of nitrogens with zero attached hydrogens (tertiary/aromatic N) is 1. The van der Waals surface area contributed by atoms with Gasteiger partial charge in [0.25, 0.3) is 0 Å². The van der Waals surface area contributed by atoms with Crippen molar-refractivity contribution in [3.63, 3.8) is 0 Å². The Bertz CT molecular complexity index is 943. The van der Waals surface area contributed by atoms with Crippen molar-refractivity contribution in [3.8, 4) is 23.0 Å². The van der Waals surface area contributed by atoms with Gasteiger partial charge in [-0.25, -0.2) is 8.78 Å². The molecule has 3 aromatic rings. The zero-order chi connectivity index (χ0) is 18.8. The smallest absolute Gasteiger partial charge is 0.387 e. The van der Waals surface area contributed by atoms with Gasteiger partial charge in [-0.2, -0.15) is 8.78 Å². The summed E-state index contributed by atoms with van der Waals surface area (Å²) in [5, 5.41) is 0.279. The van der Waals surface area contributed by atoms with Gasteiger partial charge in [0.1, 0.15) is 5.75 Å². The Balaban J connectivity index is 2.10. The number of nitrogen functional groups attached to an aromatic ring is 1. The molecule has 0 radical (unpaired) electrons. The van der Waals surface area contributed by atoms with Crippen LogP contribution in [0.4, 0.5) is 23.2 Å². The van der Waals surface area contributed by atoms with E-state index in [0.29, 0.717) is 0 Å². The van der Waals surface area contributed by atoms with Crippen molar-refractivity contribution in [1.29, 1.82) is 0 Å². The number of anilines is 1. The minimum absolute atomic E-state index is 0.0195. The average Bonchev–Trinajstić information content (AvgIpc) is 2.57. The molecule has 1 aromatic heterocycles. The minimum atomic E-state index is -3.06. The molecular formula is C17H12F4N2O3. The molecule has 3 rings (SSSR count). The second-order valence-corrected chi connectivity index (χ2v) is 5.12. The lowest BCUT2D eigenvalue weighted by Gasteiger charge is -2.14. The van der Waals surface area contributed by atoms with Gasteiger partial charge in [-0.05, 0) is 12.1 Å². The second kappa shape index (κ2) is 6.95. The van der Waals surface area contributed by atoms with E-state index in [9.17, 15) is 17.6 Å². The normalized spacial score (nSPS) is 11.0. The van der Waals surface area contributed by atoms with E-state index < -0.39 is 24.0 Å². The van der Waals surface area contributed by atoms with Gasteiger partial charge in [0, 0.05) is 35.5 Å². The van der Waals surface area contributed by atoms with Crippen LogP contribution in [-0.4, -0.2) is 18.7 Å². The first-order chi connectivity index (χ1) is 12.4. The Morgan fingerprint density at radius 2 is 1.69 bits per heavy atom. The van der Waals surface area contributed by atoms with E-state index >= 15 is 0 Å². The first kappa shape index (κ1) is 17.6. The summed E-state index contributed by atoms with van der Waals surface area (Å²) in [6.45, 7) is -3.06. The fraction of sp³-hybridized carbons (Fsp3) is 0.118. The molecule has 1 heterocycles. The first-order valence-electron chi connectivity index (χ1n) is 7.23. The molecule has 5 nitrogen and oxygen atoms in total. The predicted molar refractivity (Wildman–Crippen MR) is 85.8 cm³/mol. The van der Waals surface area contributed by atoms with E-state index in [4.69, 9.17) is 15.2 Å². The van der Waals surface area contributed by atoms with Crippen molar-refractivity contribution in [2.45, 2.75) is 6.61 Å². The van der Waals surface area contributed by atoms with Crippen molar-refractivity contribution in [2.75, 3.05) is 12.8 Å². The highest BCUT2D eigenvalue weighted by atomic mass is 19.3. The van der Waals surface area contributed by atoms with Crippen molar-refractivity contribution in [3.05, 3.63) is 48.2 Å². The number of methoxy groups -OCH3 is 1. The van der Waals surface area contributed by atoms with E-state index in [0.717, 1.165) is 12.1 Å². The van der Waals surface area contributed by atoms with Crippen molar-refractivity contribution in [2.24, 2.45) is 0 Å². The van der Waals surface area contributed by atoms with Crippen LogP contribution >= 0.6 is 0 Å². The van der Waals surface area contributed by atoms with E-state index in [2.05, 4.69) is 9.72 Å². The average molecular weight is 368 g/mol. The quantitative estimate of drug-likeness (QED) is 0.531. The number of ether oxygens (including phenoxy) is 3. The molecule has 0 saturated carbocycles. The van der Waals surface area contributed by atoms with Gasteiger partial charge in [0.05, 0.1) is 12.6 Å². The topological polar surface area (TPSA) is 66.6 Å². The number of benzene rings is 2. The van der Waals surface area contributed by atoms with Crippen LogP contribution in [-0.2, 0) is 0 Å². The highest BCUT2D eigenvalue weighted by molar-refractivity contribution is 5.88. The summed E-state index contributed by atoms with van der Waals surface area (Å²) in [4.78, 5) is 4.02. The molecule has 0 unspecified atom stereocenters. The lowest BCUT2D eigenvalue weighted by atomic mass is 10.1. The largest absolute Gasteiger partial charge is 0.493 e. The van der Waals surface area contributed by atoms with Crippen molar-refractivity contribution in [1.82, 2.24) is 4.98 Å². The van der Waals surface area contributed by atoms with E-state index in [1.165, 1.54) is 31.5 Å². The van der Waals surface area contributed by atoms with Crippen LogP contribution < -0.4 is 19.9 Å². The summed E-state index contributed by atoms with van der Waals surface area (Å²) < 4.78 is 67.7. The Morgan fingerprint density at radius 3 is 2.31 bits per heavy atom. The monoisotopic (exact) mass is 368 g/mol. The van der Waals surface area contributed by atoms with Gasteiger partial charge in [-0.1, -0.05) is 0 Å². The first-order valence-corrected chi connectivity index (χ1v) is 7.23. The number of halogens is 4. The van der Waals surface area contributed by atoms with Crippen LogP contribution in [0.3, 0.4) is 0 Å². The molecule has 0 fully saturated rings. The van der Waals surface area contributed by atoms with Gasteiger partial charge < -0.3 is 19.9 Å². The number of alkyl halides is 2. The van der Waals surface area contributed by atoms with E-state index in [1.54, 1.807) is 0 Å². The molecule has 0 aliphatic heterocycles. The fourth-order valence-corrected chi connectivity index (χ4v) is 2.35. The van der Waals surface area contributed by atoms with Crippen LogP contribution in [0, 0.1) is 11.6 Å². The zero-order valence-corrected chi connectivity index (χ0v) is 13.3. The standard InChI is InChI=1S/C17H12F4N2O3/c1-24-14-6-9-12(7-15(14)26-17(20)21)23-3-2-13(9)25-16-10(18)4-8(22)5-11(16)19/h2-7,17H,22H2,1H3. The molecule has 0 bridgehead atoms. The summed E-state index contributed by atoms with van der Waals surface area (Å²) in [5.41, 5.74) is 5.48. The molecule has 9 heteroatoms. The van der Waals surface area contributed by atoms with Crippen LogP contribution in [0.25, 0.3) is 10.9 Å². The molecule has 136 valence electrons. The van der Waals surface area contributed by atoms with Crippen LogP contribution in [0.15, 0.2) is 36.5 Å². The molecule has 2 aromatic carbocycles. The molecule has 0 aliphatic rings. The van der Waals surface area contributed by atoms with Crippen LogP contribution in [0.1, 0.15) is 0 Å². The Morgan fingerprint density at radius 1 is 1.00 bits per heavy atom. The minimum Gasteiger partial charge on any atom is -0.493 e. The SMILES string of the molecule is COc1cc2c(Oc3c(F)cc(N)cc3F)ccnc2cc1OC(F)F. The molecule has 0 aliphatic carbocycles. The predicted octanol–water partition coefficient (Wildman–Crippen LogP) is 4.50. The molecule has 2 N–H and O–H groups in total. The number of pyridine rings is 1. The summed E-state index contributed by atoms with van der Waals surface area (Å²) >= 11 is 0. The lowest BCUT2D eigenvalue weighted by molar-refractivity contribution is -0.0511. The Labute approximate surface area is 144 Å². The maximum atomic E-state index is 14.0. The summed E-state index contributed by atoms with van der Waals surface area (Å²) in [5.74, 6) is -2.84. The van der Waals surface area contributed by atoms with Crippen LogP contribution in [0.2, 0.25) is 0 Å². The van der Waals surface area contributed by atoms with Crippen molar-refractivity contribution < 1.29 is 31.8 Å². The van der Waals surface area contributed by atoms with Crippen LogP contribution in [0.5, 0.6) is 23.0 Å². The third kappa shape index (κ3) is 3.41. The molecule has 26 heavy (non-hydrogen) atoms. The Kier molecular flexibility index (Phi) is 4.70. The molecular weight excluding hydrogens is 356 g/mol. The summed E-state index contributed by atoms with van der Waals surface area (Å²) in [6.07, 6.45) is 1.30. The third-order valence-electron chi connectivity index (χ3n) is 3.44. The third-order valence-corrected chi connectivity index (χ3v) is 3.44. The molecule has 0 saturated heterocycles. The zero-order valence-electron chi connectivity index (χ0n) is 13.3. The van der Waals surface area contributed by atoms with E-state index in [1.807, 2.05) is 0 Å². The number of fused-ring (bicyclic) bond motifs is 1. The number of hydrogen-bond donors (Lipinski definition) is 1. The van der Waals surface area contributed by atoms with Gasteiger partial charge in [0.15, 0.2) is 28.9 Å². The highest BCUT2D eigenvalue weighted by Gasteiger charge is 2.18. The number of hydrogen-bond acceptors (Lipinski definition) is 5. The summed E-state index contributed by atoms with van der Waals surface area (Å²) in [6, 6.07) is 5.73. The number of nitrogens with two attached hydrogens (primary N) is 1. The van der Waals surface area contributed by atoms with Gasteiger partial charge in [-0.3, -0.25) is 4.98 Å². The Hall–Kier alpha value is -3.23. The van der Waals surface area contributed by atoms with Crippen molar-refractivity contribution >= 4 is 16.6 Å². The number of rotatable bonds is 5.